The smallest absolute Gasteiger partial charge is 0.281 e. The molecule has 0 heterocycles. The molecule has 5 nitrogen and oxygen atoms in total. The summed E-state index contributed by atoms with van der Waals surface area (Å²) < 4.78 is 26.5. The highest BCUT2D eigenvalue weighted by atomic mass is 32.2. The highest BCUT2D eigenvalue weighted by Gasteiger charge is 2.23. The van der Waals surface area contributed by atoms with Gasteiger partial charge < -0.3 is 5.73 Å². The third-order valence-electron chi connectivity index (χ3n) is 2.09. The Morgan fingerprint density at radius 2 is 1.73 bits per heavy atom. The van der Waals surface area contributed by atoms with Crippen LogP contribution in [-0.4, -0.2) is 50.8 Å². The minimum atomic E-state index is -3.30. The molecule has 92 valence electrons. The summed E-state index contributed by atoms with van der Waals surface area (Å²) in [4.78, 5) is 0. The Balaban J connectivity index is 4.38. The fraction of sp³-hybridized carbons (Fsp3) is 1.00. The molecule has 0 aromatic heterocycles. The molecule has 0 atom stereocenters. The molecule has 2 N–H and O–H groups in total. The molecule has 0 aromatic carbocycles. The van der Waals surface area contributed by atoms with Gasteiger partial charge in [0.1, 0.15) is 0 Å². The van der Waals surface area contributed by atoms with Gasteiger partial charge in [-0.3, -0.25) is 0 Å². The van der Waals surface area contributed by atoms with E-state index < -0.39 is 10.2 Å². The van der Waals surface area contributed by atoms with E-state index in [2.05, 4.69) is 0 Å². The van der Waals surface area contributed by atoms with Crippen LogP contribution in [0.2, 0.25) is 0 Å². The van der Waals surface area contributed by atoms with Gasteiger partial charge in [0.2, 0.25) is 0 Å². The van der Waals surface area contributed by atoms with Crippen LogP contribution in [0.5, 0.6) is 0 Å². The summed E-state index contributed by atoms with van der Waals surface area (Å²) >= 11 is 0. The quantitative estimate of drug-likeness (QED) is 0.683. The summed E-state index contributed by atoms with van der Waals surface area (Å²) in [6, 6.07) is 0. The van der Waals surface area contributed by atoms with Crippen LogP contribution in [0.15, 0.2) is 0 Å². The second-order valence-corrected chi connectivity index (χ2v) is 6.29. The van der Waals surface area contributed by atoms with Crippen LogP contribution < -0.4 is 5.73 Å². The van der Waals surface area contributed by atoms with Gasteiger partial charge in [0, 0.05) is 27.2 Å². The molecule has 0 aliphatic rings. The first kappa shape index (κ1) is 14.8. The summed E-state index contributed by atoms with van der Waals surface area (Å²) in [6.07, 6.45) is 0.686. The number of hydrogen-bond acceptors (Lipinski definition) is 3. The van der Waals surface area contributed by atoms with Gasteiger partial charge in [-0.15, -0.1) is 0 Å². The summed E-state index contributed by atoms with van der Waals surface area (Å²) in [5.74, 6) is 0.327. The largest absolute Gasteiger partial charge is 0.330 e. The number of nitrogens with zero attached hydrogens (tertiary/aromatic N) is 2. The lowest BCUT2D eigenvalue weighted by molar-refractivity contribution is 0.365. The van der Waals surface area contributed by atoms with Crippen molar-refractivity contribution in [2.45, 2.75) is 20.3 Å². The molecule has 15 heavy (non-hydrogen) atoms. The van der Waals surface area contributed by atoms with Crippen LogP contribution >= 0.6 is 0 Å². The van der Waals surface area contributed by atoms with Crippen molar-refractivity contribution in [3.05, 3.63) is 0 Å². The van der Waals surface area contributed by atoms with Crippen LogP contribution in [-0.2, 0) is 10.2 Å². The van der Waals surface area contributed by atoms with Gasteiger partial charge >= 0.3 is 0 Å². The zero-order chi connectivity index (χ0) is 12.1. The van der Waals surface area contributed by atoms with E-state index in [9.17, 15) is 8.42 Å². The molecule has 0 aliphatic heterocycles. The topological polar surface area (TPSA) is 66.6 Å². The third-order valence-corrected chi connectivity index (χ3v) is 3.99. The first-order valence-corrected chi connectivity index (χ1v) is 6.59. The standard InChI is InChI=1S/C9H23N3O2S/c1-9(2)8-12(4)15(13,14)11(3)7-5-6-10/h9H,5-8,10H2,1-4H3. The number of rotatable bonds is 7. The highest BCUT2D eigenvalue weighted by molar-refractivity contribution is 7.86. The molecule has 0 saturated heterocycles. The van der Waals surface area contributed by atoms with Crippen LogP contribution in [0.1, 0.15) is 20.3 Å². The van der Waals surface area contributed by atoms with E-state index >= 15 is 0 Å². The van der Waals surface area contributed by atoms with E-state index in [1.165, 1.54) is 8.61 Å². The van der Waals surface area contributed by atoms with Gasteiger partial charge in [-0.1, -0.05) is 13.8 Å². The van der Waals surface area contributed by atoms with Gasteiger partial charge in [0.25, 0.3) is 10.2 Å². The van der Waals surface area contributed by atoms with E-state index in [4.69, 9.17) is 5.73 Å². The Kier molecular flexibility index (Phi) is 6.35. The van der Waals surface area contributed by atoms with Gasteiger partial charge in [0.05, 0.1) is 0 Å². The average Bonchev–Trinajstić information content (AvgIpc) is 2.12. The van der Waals surface area contributed by atoms with Crippen LogP contribution in [0.3, 0.4) is 0 Å². The molecule has 0 aliphatic carbocycles. The van der Waals surface area contributed by atoms with Crippen molar-refractivity contribution in [3.8, 4) is 0 Å². The second kappa shape index (κ2) is 6.42. The molecule has 0 unspecified atom stereocenters. The molecule has 0 spiro atoms. The lowest BCUT2D eigenvalue weighted by Gasteiger charge is -2.25. The van der Waals surface area contributed by atoms with E-state index in [1.54, 1.807) is 14.1 Å². The minimum Gasteiger partial charge on any atom is -0.330 e. The first-order valence-electron chi connectivity index (χ1n) is 5.20. The minimum absolute atomic E-state index is 0.327. The lowest BCUT2D eigenvalue weighted by atomic mass is 10.2. The van der Waals surface area contributed by atoms with Crippen molar-refractivity contribution in [2.75, 3.05) is 33.7 Å². The Morgan fingerprint density at radius 1 is 1.20 bits per heavy atom. The van der Waals surface area contributed by atoms with Gasteiger partial charge in [-0.25, -0.2) is 0 Å². The predicted molar refractivity (Wildman–Crippen MR) is 62.7 cm³/mol. The van der Waals surface area contributed by atoms with Crippen LogP contribution in [0, 0.1) is 5.92 Å². The normalized spacial score (nSPS) is 13.1. The Labute approximate surface area is 93.4 Å². The van der Waals surface area contributed by atoms with Gasteiger partial charge in [-0.2, -0.15) is 17.0 Å². The summed E-state index contributed by atoms with van der Waals surface area (Å²) in [5.41, 5.74) is 5.34. The maximum Gasteiger partial charge on any atom is 0.281 e. The van der Waals surface area contributed by atoms with Crippen molar-refractivity contribution >= 4 is 10.2 Å². The first-order chi connectivity index (χ1) is 6.82. The molecule has 0 saturated carbocycles. The molecule has 0 fully saturated rings. The summed E-state index contributed by atoms with van der Waals surface area (Å²) in [6.45, 7) is 5.50. The van der Waals surface area contributed by atoms with E-state index in [0.29, 0.717) is 32.0 Å². The van der Waals surface area contributed by atoms with Crippen LogP contribution in [0.25, 0.3) is 0 Å². The average molecular weight is 237 g/mol. The molecular formula is C9H23N3O2S. The van der Waals surface area contributed by atoms with E-state index in [-0.39, 0.29) is 0 Å². The lowest BCUT2D eigenvalue weighted by Crippen LogP contribution is -2.41. The zero-order valence-corrected chi connectivity index (χ0v) is 10.9. The number of hydrogen-bond donors (Lipinski definition) is 1. The van der Waals surface area contributed by atoms with Crippen molar-refractivity contribution in [1.82, 2.24) is 8.61 Å². The maximum absolute atomic E-state index is 11.9. The van der Waals surface area contributed by atoms with Crippen LogP contribution in [0.4, 0.5) is 0 Å². The van der Waals surface area contributed by atoms with Crippen molar-refractivity contribution in [3.63, 3.8) is 0 Å². The second-order valence-electron chi connectivity index (χ2n) is 4.15. The fourth-order valence-corrected chi connectivity index (χ4v) is 2.60. The third kappa shape index (κ3) is 4.92. The predicted octanol–water partition coefficient (Wildman–Crippen LogP) is 0.0996. The van der Waals surface area contributed by atoms with Gasteiger partial charge in [0.15, 0.2) is 0 Å². The Morgan fingerprint density at radius 3 is 2.13 bits per heavy atom. The molecule has 0 bridgehead atoms. The molecule has 6 heteroatoms. The Hall–Kier alpha value is -0.170. The van der Waals surface area contributed by atoms with Gasteiger partial charge in [-0.05, 0) is 18.9 Å². The molecule has 0 radical (unpaired) electrons. The summed E-state index contributed by atoms with van der Waals surface area (Å²) in [5, 5.41) is 0. The highest BCUT2D eigenvalue weighted by Crippen LogP contribution is 2.07. The maximum atomic E-state index is 11.9. The molecule has 0 aromatic rings. The summed E-state index contributed by atoms with van der Waals surface area (Å²) in [7, 11) is -0.105. The monoisotopic (exact) mass is 237 g/mol. The molecular weight excluding hydrogens is 214 g/mol. The van der Waals surface area contributed by atoms with E-state index in [0.717, 1.165) is 0 Å². The zero-order valence-electron chi connectivity index (χ0n) is 10.1. The fourth-order valence-electron chi connectivity index (χ4n) is 1.28. The van der Waals surface area contributed by atoms with E-state index in [1.807, 2.05) is 13.8 Å². The SMILES string of the molecule is CC(C)CN(C)S(=O)(=O)N(C)CCCN. The van der Waals surface area contributed by atoms with Crippen molar-refractivity contribution in [2.24, 2.45) is 11.7 Å². The van der Waals surface area contributed by atoms with Crippen molar-refractivity contribution < 1.29 is 8.42 Å². The molecule has 0 amide bonds. The number of nitrogens with two attached hydrogens (primary N) is 1. The molecule has 0 rings (SSSR count). The van der Waals surface area contributed by atoms with Crippen molar-refractivity contribution in [1.29, 1.82) is 0 Å². The Bertz CT molecular complexity index is 265.